The van der Waals surface area contributed by atoms with Gasteiger partial charge in [-0.25, -0.2) is 0 Å². The number of hydrogen-bond donors (Lipinski definition) is 0. The number of hydrogen-bond acceptors (Lipinski definition) is 1. The monoisotopic (exact) mass is 552 g/mol. The lowest BCUT2D eigenvalue weighted by atomic mass is 9.72. The highest BCUT2D eigenvalue weighted by molar-refractivity contribution is 5.94. The van der Waals surface area contributed by atoms with E-state index in [2.05, 4.69) is 135 Å². The maximum Gasteiger partial charge on any atom is 0.158 e. The van der Waals surface area contributed by atoms with Gasteiger partial charge in [-0.1, -0.05) is 147 Å². The SMILES string of the molecule is CC1=C(/C=C/C(C)=C/C=C/C(C)=C/C=C/C=C(C)/C=C/C=C(C)/C=C/C=C(\C)C(=O)CCC(C)C)C(C)(C)CCC1. The van der Waals surface area contributed by atoms with E-state index in [1.54, 1.807) is 0 Å². The summed E-state index contributed by atoms with van der Waals surface area (Å²) in [5.74, 6) is 0.795. The molecule has 0 aromatic rings. The molecular weight excluding hydrogens is 496 g/mol. The van der Waals surface area contributed by atoms with E-state index in [4.69, 9.17) is 0 Å². The van der Waals surface area contributed by atoms with Crippen molar-refractivity contribution in [2.75, 3.05) is 0 Å². The zero-order valence-electron chi connectivity index (χ0n) is 27.7. The smallest absolute Gasteiger partial charge is 0.158 e. The summed E-state index contributed by atoms with van der Waals surface area (Å²) in [5.41, 5.74) is 8.93. The minimum Gasteiger partial charge on any atom is -0.295 e. The molecule has 0 N–H and O–H groups in total. The first-order chi connectivity index (χ1) is 19.3. The Balaban J connectivity index is 2.60. The Kier molecular flexibility index (Phi) is 16.6. The molecule has 0 aromatic heterocycles. The molecule has 0 aliphatic heterocycles. The van der Waals surface area contributed by atoms with Crippen LogP contribution in [0.1, 0.15) is 101 Å². The Morgan fingerprint density at radius 2 is 1.20 bits per heavy atom. The summed E-state index contributed by atoms with van der Waals surface area (Å²) in [6, 6.07) is 0. The number of carbonyl (C=O) groups excluding carboxylic acids is 1. The summed E-state index contributed by atoms with van der Waals surface area (Å²) in [6.07, 6.45) is 36.9. The first-order valence-electron chi connectivity index (χ1n) is 15.3. The Morgan fingerprint density at radius 3 is 1.68 bits per heavy atom. The van der Waals surface area contributed by atoms with Gasteiger partial charge in [0, 0.05) is 6.42 Å². The second-order valence-electron chi connectivity index (χ2n) is 12.6. The van der Waals surface area contributed by atoms with E-state index < -0.39 is 0 Å². The Morgan fingerprint density at radius 1 is 0.732 bits per heavy atom. The van der Waals surface area contributed by atoms with Crippen molar-refractivity contribution in [2.24, 2.45) is 11.3 Å². The van der Waals surface area contributed by atoms with E-state index in [9.17, 15) is 4.79 Å². The largest absolute Gasteiger partial charge is 0.295 e. The summed E-state index contributed by atoms with van der Waals surface area (Å²) in [6.45, 7) is 21.6. The van der Waals surface area contributed by atoms with Gasteiger partial charge in [-0.3, -0.25) is 4.79 Å². The zero-order valence-corrected chi connectivity index (χ0v) is 27.7. The molecule has 222 valence electrons. The molecule has 1 heteroatoms. The predicted molar refractivity (Wildman–Crippen MR) is 184 cm³/mol. The van der Waals surface area contributed by atoms with E-state index >= 15 is 0 Å². The number of rotatable bonds is 14. The Bertz CT molecular complexity index is 1200. The van der Waals surface area contributed by atoms with Crippen molar-refractivity contribution >= 4 is 5.78 Å². The van der Waals surface area contributed by atoms with Crippen LogP contribution in [-0.2, 0) is 4.79 Å². The average Bonchev–Trinajstić information content (AvgIpc) is 2.89. The fraction of sp³-hybridized carbons (Fsp3) is 0.425. The van der Waals surface area contributed by atoms with Gasteiger partial charge in [0.15, 0.2) is 5.78 Å². The van der Waals surface area contributed by atoms with Gasteiger partial charge in [-0.05, 0) is 89.7 Å². The molecule has 0 saturated heterocycles. The molecule has 1 nitrogen and oxygen atoms in total. The molecule has 0 saturated carbocycles. The fourth-order valence-electron chi connectivity index (χ4n) is 4.62. The molecule has 1 aliphatic rings. The maximum atomic E-state index is 12.1. The van der Waals surface area contributed by atoms with Gasteiger partial charge in [0.2, 0.25) is 0 Å². The van der Waals surface area contributed by atoms with Gasteiger partial charge in [0.1, 0.15) is 0 Å². The quantitative estimate of drug-likeness (QED) is 0.155. The lowest BCUT2D eigenvalue weighted by molar-refractivity contribution is -0.115. The highest BCUT2D eigenvalue weighted by Gasteiger charge is 2.26. The minimum atomic E-state index is 0.238. The molecule has 41 heavy (non-hydrogen) atoms. The molecule has 0 unspecified atom stereocenters. The second-order valence-corrected chi connectivity index (χ2v) is 12.6. The van der Waals surface area contributed by atoms with Crippen LogP contribution in [0, 0.1) is 11.3 Å². The van der Waals surface area contributed by atoms with Crippen molar-refractivity contribution < 1.29 is 4.79 Å². The topological polar surface area (TPSA) is 17.1 Å². The third kappa shape index (κ3) is 16.0. The molecule has 1 aliphatic carbocycles. The van der Waals surface area contributed by atoms with Crippen molar-refractivity contribution in [3.05, 3.63) is 130 Å². The first-order valence-corrected chi connectivity index (χ1v) is 15.3. The molecule has 0 spiro atoms. The van der Waals surface area contributed by atoms with Crippen molar-refractivity contribution in [3.8, 4) is 0 Å². The normalized spacial score (nSPS) is 18.6. The van der Waals surface area contributed by atoms with Crippen LogP contribution in [0.2, 0.25) is 0 Å². The number of allylic oxidation sites excluding steroid dienone is 22. The summed E-state index contributed by atoms with van der Waals surface area (Å²) < 4.78 is 0. The van der Waals surface area contributed by atoms with Crippen LogP contribution in [0.25, 0.3) is 0 Å². The molecule has 0 bridgehead atoms. The second kappa shape index (κ2) is 19.0. The fourth-order valence-corrected chi connectivity index (χ4v) is 4.62. The highest BCUT2D eigenvalue weighted by atomic mass is 16.1. The van der Waals surface area contributed by atoms with Crippen LogP contribution in [0.5, 0.6) is 0 Å². The molecule has 0 fully saturated rings. The molecule has 0 atom stereocenters. The number of ketones is 1. The first kappa shape index (κ1) is 35.8. The zero-order chi connectivity index (χ0) is 30.8. The highest BCUT2D eigenvalue weighted by Crippen LogP contribution is 2.40. The third-order valence-corrected chi connectivity index (χ3v) is 7.42. The van der Waals surface area contributed by atoms with E-state index in [0.29, 0.717) is 12.3 Å². The van der Waals surface area contributed by atoms with Crippen molar-refractivity contribution in [1.82, 2.24) is 0 Å². The Hall–Kier alpha value is -3.19. The van der Waals surface area contributed by atoms with Crippen molar-refractivity contribution in [3.63, 3.8) is 0 Å². The van der Waals surface area contributed by atoms with Gasteiger partial charge >= 0.3 is 0 Å². The van der Waals surface area contributed by atoms with Crippen LogP contribution in [0.3, 0.4) is 0 Å². The summed E-state index contributed by atoms with van der Waals surface area (Å²) in [5, 5.41) is 0. The summed E-state index contributed by atoms with van der Waals surface area (Å²) >= 11 is 0. The van der Waals surface area contributed by atoms with Gasteiger partial charge in [0.05, 0.1) is 0 Å². The van der Waals surface area contributed by atoms with Crippen LogP contribution >= 0.6 is 0 Å². The molecule has 0 radical (unpaired) electrons. The summed E-state index contributed by atoms with van der Waals surface area (Å²) in [7, 11) is 0. The van der Waals surface area contributed by atoms with Gasteiger partial charge < -0.3 is 0 Å². The number of carbonyl (C=O) groups is 1. The molecule has 0 amide bonds. The summed E-state index contributed by atoms with van der Waals surface area (Å²) in [4.78, 5) is 12.1. The number of Topliss-reactive ketones (excluding diaryl/α,β-unsaturated/α-hetero) is 1. The standard InChI is InChI=1S/C40H56O/c1-31(2)26-29-39(41)37(8)24-15-23-34(5)21-13-19-32(3)17-11-12-18-33(4)20-14-22-35(6)27-28-38-36(7)25-16-30-40(38,9)10/h11-15,17-24,27-28,31H,16,25-26,29-30H2,1-10H3/b12-11+,19-13+,20-14+,23-15+,28-27+,32-17+,33-18+,34-21+,35-22+,37-24+. The van der Waals surface area contributed by atoms with E-state index in [0.717, 1.165) is 17.6 Å². The van der Waals surface area contributed by atoms with Gasteiger partial charge in [-0.2, -0.15) is 0 Å². The van der Waals surface area contributed by atoms with Crippen molar-refractivity contribution in [1.29, 1.82) is 0 Å². The molecular formula is C40H56O. The molecule has 1 rings (SSSR count). The minimum absolute atomic E-state index is 0.238. The lowest BCUT2D eigenvalue weighted by Crippen LogP contribution is -2.19. The van der Waals surface area contributed by atoms with Crippen LogP contribution in [0.4, 0.5) is 0 Å². The maximum absolute atomic E-state index is 12.1. The van der Waals surface area contributed by atoms with Crippen molar-refractivity contribution in [2.45, 2.75) is 101 Å². The average molecular weight is 553 g/mol. The van der Waals surface area contributed by atoms with E-state index in [1.807, 2.05) is 25.2 Å². The molecule has 0 heterocycles. The van der Waals surface area contributed by atoms with Gasteiger partial charge in [-0.15, -0.1) is 0 Å². The van der Waals surface area contributed by atoms with Gasteiger partial charge in [0.25, 0.3) is 0 Å². The predicted octanol–water partition coefficient (Wildman–Crippen LogP) is 12.0. The van der Waals surface area contributed by atoms with E-state index in [-0.39, 0.29) is 11.2 Å². The van der Waals surface area contributed by atoms with Crippen LogP contribution in [-0.4, -0.2) is 5.78 Å². The van der Waals surface area contributed by atoms with E-state index in [1.165, 1.54) is 47.1 Å². The van der Waals surface area contributed by atoms with Crippen LogP contribution in [0.15, 0.2) is 130 Å². The third-order valence-electron chi connectivity index (χ3n) is 7.42. The Labute approximate surface area is 253 Å². The molecule has 0 aromatic carbocycles. The lowest BCUT2D eigenvalue weighted by Gasteiger charge is -2.32. The van der Waals surface area contributed by atoms with Crippen LogP contribution < -0.4 is 0 Å².